The van der Waals surface area contributed by atoms with Crippen LogP contribution >= 0.6 is 0 Å². The van der Waals surface area contributed by atoms with Gasteiger partial charge in [0.25, 0.3) is 0 Å². The first-order valence-electron chi connectivity index (χ1n) is 9.79. The van der Waals surface area contributed by atoms with E-state index in [0.29, 0.717) is 6.04 Å². The minimum absolute atomic E-state index is 0.0646. The number of ether oxygens (including phenoxy) is 1. The fraction of sp³-hybridized carbons (Fsp3) is 0.409. The first-order valence-corrected chi connectivity index (χ1v) is 9.79. The van der Waals surface area contributed by atoms with Gasteiger partial charge in [-0.1, -0.05) is 6.08 Å². The Kier molecular flexibility index (Phi) is 5.31. The molecule has 0 spiro atoms. The van der Waals surface area contributed by atoms with E-state index in [0.717, 1.165) is 37.7 Å². The molecule has 0 amide bonds. The molecule has 0 bridgehead atoms. The monoisotopic (exact) mass is 385 g/mol. The van der Waals surface area contributed by atoms with Crippen molar-refractivity contribution in [3.05, 3.63) is 59.9 Å². The maximum atomic E-state index is 13.9. The number of nitrogens with zero attached hydrogens (tertiary/aromatic N) is 3. The van der Waals surface area contributed by atoms with Crippen molar-refractivity contribution in [2.24, 2.45) is 0 Å². The Morgan fingerprint density at radius 2 is 1.93 bits per heavy atom. The SMILES string of the molecule is CC(C)N1c2cnccc2C=CC1N1CCC(Oc2ccc(F)cc2F)CC1. The topological polar surface area (TPSA) is 28.6 Å². The van der Waals surface area contributed by atoms with Gasteiger partial charge in [0.1, 0.15) is 18.1 Å². The number of fused-ring (bicyclic) bond motifs is 1. The van der Waals surface area contributed by atoms with Crippen molar-refractivity contribution in [3.8, 4) is 5.75 Å². The van der Waals surface area contributed by atoms with Crippen LogP contribution in [-0.2, 0) is 0 Å². The zero-order chi connectivity index (χ0) is 19.7. The Hall–Kier alpha value is -2.47. The smallest absolute Gasteiger partial charge is 0.167 e. The van der Waals surface area contributed by atoms with Gasteiger partial charge >= 0.3 is 0 Å². The van der Waals surface area contributed by atoms with E-state index >= 15 is 0 Å². The summed E-state index contributed by atoms with van der Waals surface area (Å²) < 4.78 is 32.7. The van der Waals surface area contributed by atoms with E-state index in [1.807, 2.05) is 18.5 Å². The zero-order valence-corrected chi connectivity index (χ0v) is 16.2. The fourth-order valence-electron chi connectivity index (χ4n) is 4.07. The number of pyridine rings is 1. The molecule has 0 N–H and O–H groups in total. The van der Waals surface area contributed by atoms with E-state index in [4.69, 9.17) is 4.74 Å². The molecule has 1 saturated heterocycles. The summed E-state index contributed by atoms with van der Waals surface area (Å²) in [6.45, 7) is 6.08. The molecule has 2 aliphatic heterocycles. The van der Waals surface area contributed by atoms with Gasteiger partial charge in [0.05, 0.1) is 11.9 Å². The fourth-order valence-corrected chi connectivity index (χ4v) is 4.07. The summed E-state index contributed by atoms with van der Waals surface area (Å²) in [5, 5.41) is 0. The number of halogens is 2. The maximum absolute atomic E-state index is 13.9. The second kappa shape index (κ2) is 7.87. The molecule has 1 atom stereocenters. The lowest BCUT2D eigenvalue weighted by Crippen LogP contribution is -2.54. The largest absolute Gasteiger partial charge is 0.487 e. The number of piperidine rings is 1. The first kappa shape index (κ1) is 18.9. The van der Waals surface area contributed by atoms with Crippen molar-refractivity contribution in [3.63, 3.8) is 0 Å². The van der Waals surface area contributed by atoms with Gasteiger partial charge in [-0.25, -0.2) is 8.78 Å². The number of hydrogen-bond acceptors (Lipinski definition) is 4. The van der Waals surface area contributed by atoms with Crippen molar-refractivity contribution in [2.45, 2.75) is 45.0 Å². The van der Waals surface area contributed by atoms with E-state index in [1.54, 1.807) is 0 Å². The van der Waals surface area contributed by atoms with Crippen LogP contribution in [0.25, 0.3) is 6.08 Å². The summed E-state index contributed by atoms with van der Waals surface area (Å²) in [6.07, 6.45) is 9.85. The van der Waals surface area contributed by atoms with Gasteiger partial charge in [-0.3, -0.25) is 9.88 Å². The molecule has 2 aliphatic rings. The van der Waals surface area contributed by atoms with Gasteiger partial charge in [-0.2, -0.15) is 0 Å². The summed E-state index contributed by atoms with van der Waals surface area (Å²) in [7, 11) is 0. The van der Waals surface area contributed by atoms with Crippen LogP contribution in [0.5, 0.6) is 5.75 Å². The molecule has 1 unspecified atom stereocenters. The van der Waals surface area contributed by atoms with Gasteiger partial charge in [-0.15, -0.1) is 0 Å². The number of anilines is 1. The zero-order valence-electron chi connectivity index (χ0n) is 16.2. The minimum Gasteiger partial charge on any atom is -0.487 e. The molecule has 0 saturated carbocycles. The summed E-state index contributed by atoms with van der Waals surface area (Å²) in [5.74, 6) is -1.11. The van der Waals surface area contributed by atoms with E-state index in [-0.39, 0.29) is 18.0 Å². The number of likely N-dealkylation sites (tertiary alicyclic amines) is 1. The molecule has 28 heavy (non-hydrogen) atoms. The highest BCUT2D eigenvalue weighted by Gasteiger charge is 2.32. The maximum Gasteiger partial charge on any atom is 0.167 e. The van der Waals surface area contributed by atoms with Crippen LogP contribution in [0, 0.1) is 11.6 Å². The molecule has 1 fully saturated rings. The number of aromatic nitrogens is 1. The van der Waals surface area contributed by atoms with E-state index in [1.165, 1.54) is 17.7 Å². The third kappa shape index (κ3) is 3.74. The Morgan fingerprint density at radius 3 is 2.64 bits per heavy atom. The van der Waals surface area contributed by atoms with Gasteiger partial charge in [0, 0.05) is 37.0 Å². The number of rotatable bonds is 4. The second-order valence-corrected chi connectivity index (χ2v) is 7.64. The van der Waals surface area contributed by atoms with Crippen LogP contribution < -0.4 is 9.64 Å². The summed E-state index contributed by atoms with van der Waals surface area (Å²) >= 11 is 0. The van der Waals surface area contributed by atoms with Gasteiger partial charge in [0.2, 0.25) is 0 Å². The predicted molar refractivity (Wildman–Crippen MR) is 106 cm³/mol. The normalized spacial score (nSPS) is 20.5. The lowest BCUT2D eigenvalue weighted by molar-refractivity contribution is 0.0811. The Labute approximate surface area is 164 Å². The lowest BCUT2D eigenvalue weighted by atomic mass is 10.0. The Balaban J connectivity index is 1.43. The molecule has 2 aromatic rings. The van der Waals surface area contributed by atoms with Gasteiger partial charge < -0.3 is 9.64 Å². The van der Waals surface area contributed by atoms with Crippen LogP contribution in [0.1, 0.15) is 32.3 Å². The van der Waals surface area contributed by atoms with E-state index in [9.17, 15) is 8.78 Å². The Bertz CT molecular complexity index is 863. The molecule has 1 aromatic heterocycles. The molecule has 0 radical (unpaired) electrons. The van der Waals surface area contributed by atoms with Gasteiger partial charge in [0.15, 0.2) is 11.6 Å². The van der Waals surface area contributed by atoms with Crippen LogP contribution in [0.4, 0.5) is 14.5 Å². The Morgan fingerprint density at radius 1 is 1.14 bits per heavy atom. The van der Waals surface area contributed by atoms with Crippen molar-refractivity contribution < 1.29 is 13.5 Å². The van der Waals surface area contributed by atoms with Crippen LogP contribution in [0.15, 0.2) is 42.7 Å². The van der Waals surface area contributed by atoms with E-state index < -0.39 is 11.6 Å². The number of benzene rings is 1. The van der Waals surface area contributed by atoms with Crippen molar-refractivity contribution in [2.75, 3.05) is 18.0 Å². The lowest BCUT2D eigenvalue weighted by Gasteiger charge is -2.46. The standard InChI is InChI=1S/C22H25F2N3O/c1-15(2)27-20-14-25-10-7-16(20)3-6-22(27)26-11-8-18(9-12-26)28-21-5-4-17(23)13-19(21)24/h3-7,10,13-15,18,22H,8-9,11-12H2,1-2H3. The van der Waals surface area contributed by atoms with Crippen LogP contribution in [0.3, 0.4) is 0 Å². The third-order valence-electron chi connectivity index (χ3n) is 5.44. The van der Waals surface area contributed by atoms with Crippen LogP contribution in [0.2, 0.25) is 0 Å². The second-order valence-electron chi connectivity index (χ2n) is 7.64. The highest BCUT2D eigenvalue weighted by molar-refractivity contribution is 5.71. The van der Waals surface area contributed by atoms with E-state index in [2.05, 4.69) is 40.8 Å². The quantitative estimate of drug-likeness (QED) is 0.776. The minimum atomic E-state index is -0.646. The molecular formula is C22H25F2N3O. The molecule has 1 aromatic carbocycles. The van der Waals surface area contributed by atoms with Crippen molar-refractivity contribution in [1.29, 1.82) is 0 Å². The molecule has 3 heterocycles. The summed E-state index contributed by atoms with van der Waals surface area (Å²) in [6, 6.07) is 5.83. The number of hydrogen-bond donors (Lipinski definition) is 0. The third-order valence-corrected chi connectivity index (χ3v) is 5.44. The molecule has 0 aliphatic carbocycles. The highest BCUT2D eigenvalue weighted by atomic mass is 19.1. The predicted octanol–water partition coefficient (Wildman–Crippen LogP) is 4.47. The van der Waals surface area contributed by atoms with Crippen molar-refractivity contribution >= 4 is 11.8 Å². The molecule has 4 nitrogen and oxygen atoms in total. The summed E-state index contributed by atoms with van der Waals surface area (Å²) in [5.41, 5.74) is 2.33. The van der Waals surface area contributed by atoms with Crippen molar-refractivity contribution in [1.82, 2.24) is 9.88 Å². The van der Waals surface area contributed by atoms with Crippen LogP contribution in [-0.4, -0.2) is 41.3 Å². The average molecular weight is 385 g/mol. The molecular weight excluding hydrogens is 360 g/mol. The highest BCUT2D eigenvalue weighted by Crippen LogP contribution is 2.33. The molecule has 4 rings (SSSR count). The molecule has 148 valence electrons. The average Bonchev–Trinajstić information content (AvgIpc) is 2.69. The van der Waals surface area contributed by atoms with Gasteiger partial charge in [-0.05, 0) is 51.0 Å². The molecule has 6 heteroatoms. The summed E-state index contributed by atoms with van der Waals surface area (Å²) in [4.78, 5) is 9.12. The first-order chi connectivity index (χ1) is 13.5.